The monoisotopic (exact) mass is 229 g/mol. The third-order valence-corrected chi connectivity index (χ3v) is 3.03. The lowest BCUT2D eigenvalue weighted by molar-refractivity contribution is -0.253. The molecule has 3 heteroatoms. The Balaban J connectivity index is 2.13. The van der Waals surface area contributed by atoms with Gasteiger partial charge in [0, 0.05) is 6.04 Å². The van der Waals surface area contributed by atoms with Crippen LogP contribution in [-0.4, -0.2) is 31.1 Å². The summed E-state index contributed by atoms with van der Waals surface area (Å²) >= 11 is 0. The van der Waals surface area contributed by atoms with Crippen LogP contribution in [0.3, 0.4) is 0 Å². The molecule has 0 saturated carbocycles. The zero-order valence-corrected chi connectivity index (χ0v) is 11.2. The van der Waals surface area contributed by atoms with Crippen LogP contribution in [0.25, 0.3) is 0 Å². The molecule has 1 saturated heterocycles. The summed E-state index contributed by atoms with van der Waals surface area (Å²) in [5.74, 6) is -0.399. The lowest BCUT2D eigenvalue weighted by Crippen LogP contribution is -2.50. The standard InChI is InChI=1S/C13H27NO2/c1-5-6-7-8-11(2)14-12-9-15-13(3,4)16-10-12/h11-12,14H,5-10H2,1-4H3. The minimum atomic E-state index is -0.399. The second-order valence-electron chi connectivity index (χ2n) is 5.28. The molecule has 0 spiro atoms. The highest BCUT2D eigenvalue weighted by atomic mass is 16.7. The predicted molar refractivity (Wildman–Crippen MR) is 66.5 cm³/mol. The molecule has 1 N–H and O–H groups in total. The second-order valence-corrected chi connectivity index (χ2v) is 5.28. The average Bonchev–Trinajstić information content (AvgIpc) is 2.22. The van der Waals surface area contributed by atoms with E-state index in [1.807, 2.05) is 13.8 Å². The molecule has 0 bridgehead atoms. The summed E-state index contributed by atoms with van der Waals surface area (Å²) in [4.78, 5) is 0. The predicted octanol–water partition coefficient (Wildman–Crippen LogP) is 2.70. The molecule has 0 aromatic carbocycles. The van der Waals surface area contributed by atoms with Gasteiger partial charge in [-0.25, -0.2) is 0 Å². The molecule has 0 amide bonds. The molecule has 16 heavy (non-hydrogen) atoms. The Morgan fingerprint density at radius 2 is 1.88 bits per heavy atom. The third kappa shape index (κ3) is 5.28. The van der Waals surface area contributed by atoms with Gasteiger partial charge < -0.3 is 14.8 Å². The maximum absolute atomic E-state index is 5.62. The van der Waals surface area contributed by atoms with Crippen LogP contribution in [0.4, 0.5) is 0 Å². The Morgan fingerprint density at radius 1 is 1.25 bits per heavy atom. The average molecular weight is 229 g/mol. The van der Waals surface area contributed by atoms with Crippen molar-refractivity contribution in [3.05, 3.63) is 0 Å². The molecule has 0 aliphatic carbocycles. The summed E-state index contributed by atoms with van der Waals surface area (Å²) in [6.45, 7) is 9.93. The first-order valence-electron chi connectivity index (χ1n) is 6.57. The van der Waals surface area contributed by atoms with Gasteiger partial charge in [0.15, 0.2) is 5.79 Å². The van der Waals surface area contributed by atoms with Crippen molar-refractivity contribution in [2.24, 2.45) is 0 Å². The van der Waals surface area contributed by atoms with E-state index in [0.717, 1.165) is 13.2 Å². The van der Waals surface area contributed by atoms with E-state index in [2.05, 4.69) is 19.2 Å². The number of unbranched alkanes of at least 4 members (excludes halogenated alkanes) is 2. The van der Waals surface area contributed by atoms with E-state index in [9.17, 15) is 0 Å². The first-order valence-corrected chi connectivity index (χ1v) is 6.57. The molecule has 0 aromatic heterocycles. The summed E-state index contributed by atoms with van der Waals surface area (Å²) in [5, 5.41) is 3.57. The molecule has 1 aliphatic heterocycles. The highest BCUT2D eigenvalue weighted by Crippen LogP contribution is 2.17. The van der Waals surface area contributed by atoms with Crippen molar-refractivity contribution in [3.63, 3.8) is 0 Å². The zero-order valence-electron chi connectivity index (χ0n) is 11.2. The molecule has 1 rings (SSSR count). The van der Waals surface area contributed by atoms with Crippen molar-refractivity contribution < 1.29 is 9.47 Å². The van der Waals surface area contributed by atoms with Gasteiger partial charge in [-0.05, 0) is 27.2 Å². The van der Waals surface area contributed by atoms with Gasteiger partial charge in [-0.15, -0.1) is 0 Å². The highest BCUT2D eigenvalue weighted by Gasteiger charge is 2.28. The SMILES string of the molecule is CCCCCC(C)NC1COC(C)(C)OC1. The second kappa shape index (κ2) is 6.58. The molecule has 0 aromatic rings. The number of hydrogen-bond donors (Lipinski definition) is 1. The number of ether oxygens (including phenoxy) is 2. The van der Waals surface area contributed by atoms with Crippen LogP contribution in [-0.2, 0) is 9.47 Å². The fourth-order valence-corrected chi connectivity index (χ4v) is 1.97. The van der Waals surface area contributed by atoms with E-state index in [1.165, 1.54) is 25.7 Å². The summed E-state index contributed by atoms with van der Waals surface area (Å²) in [6, 6.07) is 0.912. The number of hydrogen-bond acceptors (Lipinski definition) is 3. The summed E-state index contributed by atoms with van der Waals surface area (Å²) < 4.78 is 11.2. The van der Waals surface area contributed by atoms with Gasteiger partial charge in [-0.3, -0.25) is 0 Å². The number of rotatable bonds is 6. The molecule has 0 radical (unpaired) electrons. The Hall–Kier alpha value is -0.120. The van der Waals surface area contributed by atoms with Crippen molar-refractivity contribution in [1.29, 1.82) is 0 Å². The van der Waals surface area contributed by atoms with Crippen molar-refractivity contribution in [3.8, 4) is 0 Å². The summed E-state index contributed by atoms with van der Waals surface area (Å²) in [7, 11) is 0. The van der Waals surface area contributed by atoms with Crippen LogP contribution in [0.15, 0.2) is 0 Å². The van der Waals surface area contributed by atoms with Gasteiger partial charge >= 0.3 is 0 Å². The van der Waals surface area contributed by atoms with Crippen LogP contribution in [0.5, 0.6) is 0 Å². The van der Waals surface area contributed by atoms with Crippen molar-refractivity contribution in [2.45, 2.75) is 71.2 Å². The Kier molecular flexibility index (Phi) is 5.73. The molecule has 1 aliphatic rings. The molecule has 96 valence electrons. The molecule has 1 unspecified atom stereocenters. The minimum Gasteiger partial charge on any atom is -0.349 e. The quantitative estimate of drug-likeness (QED) is 0.710. The zero-order chi connectivity index (χ0) is 12.0. The summed E-state index contributed by atoms with van der Waals surface area (Å²) in [5.41, 5.74) is 0. The van der Waals surface area contributed by atoms with E-state index >= 15 is 0 Å². The Bertz CT molecular complexity index is 184. The molecule has 1 atom stereocenters. The van der Waals surface area contributed by atoms with E-state index in [0.29, 0.717) is 12.1 Å². The van der Waals surface area contributed by atoms with Crippen LogP contribution < -0.4 is 5.32 Å². The minimum absolute atomic E-state index is 0.352. The van der Waals surface area contributed by atoms with Gasteiger partial charge in [0.1, 0.15) is 0 Å². The van der Waals surface area contributed by atoms with E-state index in [4.69, 9.17) is 9.47 Å². The third-order valence-electron chi connectivity index (χ3n) is 3.03. The maximum Gasteiger partial charge on any atom is 0.162 e. The summed E-state index contributed by atoms with van der Waals surface area (Å²) in [6.07, 6.45) is 5.17. The lowest BCUT2D eigenvalue weighted by atomic mass is 10.1. The van der Waals surface area contributed by atoms with Crippen molar-refractivity contribution in [1.82, 2.24) is 5.32 Å². The van der Waals surface area contributed by atoms with Gasteiger partial charge in [0.05, 0.1) is 19.3 Å². The fourth-order valence-electron chi connectivity index (χ4n) is 1.97. The van der Waals surface area contributed by atoms with Gasteiger partial charge in [-0.1, -0.05) is 26.2 Å². The topological polar surface area (TPSA) is 30.5 Å². The molecule has 3 nitrogen and oxygen atoms in total. The van der Waals surface area contributed by atoms with E-state index < -0.39 is 5.79 Å². The van der Waals surface area contributed by atoms with Crippen LogP contribution >= 0.6 is 0 Å². The highest BCUT2D eigenvalue weighted by molar-refractivity contribution is 4.76. The largest absolute Gasteiger partial charge is 0.349 e. The molecule has 1 heterocycles. The van der Waals surface area contributed by atoms with Gasteiger partial charge in [0.2, 0.25) is 0 Å². The number of nitrogens with one attached hydrogen (secondary N) is 1. The van der Waals surface area contributed by atoms with Crippen LogP contribution in [0, 0.1) is 0 Å². The lowest BCUT2D eigenvalue weighted by Gasteiger charge is -2.36. The van der Waals surface area contributed by atoms with Crippen LogP contribution in [0.1, 0.15) is 53.4 Å². The van der Waals surface area contributed by atoms with Gasteiger partial charge in [0.25, 0.3) is 0 Å². The maximum atomic E-state index is 5.62. The Morgan fingerprint density at radius 3 is 2.44 bits per heavy atom. The fraction of sp³-hybridized carbons (Fsp3) is 1.00. The Labute approximate surface area is 99.9 Å². The first kappa shape index (κ1) is 13.9. The smallest absolute Gasteiger partial charge is 0.162 e. The van der Waals surface area contributed by atoms with Crippen LogP contribution in [0.2, 0.25) is 0 Å². The first-order chi connectivity index (χ1) is 7.53. The van der Waals surface area contributed by atoms with Crippen molar-refractivity contribution in [2.75, 3.05) is 13.2 Å². The molecule has 1 fully saturated rings. The van der Waals surface area contributed by atoms with E-state index in [1.54, 1.807) is 0 Å². The van der Waals surface area contributed by atoms with Crippen molar-refractivity contribution >= 4 is 0 Å². The van der Waals surface area contributed by atoms with Gasteiger partial charge in [-0.2, -0.15) is 0 Å². The molecular formula is C13H27NO2. The normalized spacial score (nSPS) is 23.2. The molecular weight excluding hydrogens is 202 g/mol. The van der Waals surface area contributed by atoms with E-state index in [-0.39, 0.29) is 0 Å².